The molecule has 17 heavy (non-hydrogen) atoms. The van der Waals surface area contributed by atoms with Gasteiger partial charge in [0.1, 0.15) is 0 Å². The molecule has 0 spiro atoms. The van der Waals surface area contributed by atoms with E-state index in [4.69, 9.17) is 27.8 Å². The molecular weight excluding hydrogens is 238 g/mol. The van der Waals surface area contributed by atoms with Crippen LogP contribution in [0.25, 0.3) is 11.3 Å². The van der Waals surface area contributed by atoms with Gasteiger partial charge in [-0.3, -0.25) is 0 Å². The first-order valence-corrected chi connectivity index (χ1v) is 5.36. The van der Waals surface area contributed by atoms with E-state index < -0.39 is 0 Å². The molecule has 0 aliphatic rings. The number of halogens is 1. The van der Waals surface area contributed by atoms with Crippen molar-refractivity contribution in [3.8, 4) is 17.1 Å². The lowest BCUT2D eigenvalue weighted by Gasteiger charge is -2.10. The van der Waals surface area contributed by atoms with Crippen LogP contribution in [0.2, 0.25) is 5.02 Å². The molecule has 4 N–H and O–H groups in total. The minimum absolute atomic E-state index is 0.342. The van der Waals surface area contributed by atoms with Crippen molar-refractivity contribution in [3.05, 3.63) is 35.4 Å². The highest BCUT2D eigenvalue weighted by molar-refractivity contribution is 6.33. The van der Waals surface area contributed by atoms with E-state index in [-0.39, 0.29) is 0 Å². The largest absolute Gasteiger partial charge is 0.480 e. The lowest BCUT2D eigenvalue weighted by atomic mass is 10.1. The van der Waals surface area contributed by atoms with E-state index in [0.717, 1.165) is 5.56 Å². The summed E-state index contributed by atoms with van der Waals surface area (Å²) < 4.78 is 5.07. The van der Waals surface area contributed by atoms with E-state index in [0.29, 0.717) is 28.0 Å². The molecule has 1 heterocycles. The minimum Gasteiger partial charge on any atom is -0.480 e. The number of ether oxygens (including phenoxy) is 1. The molecular formula is C12H12ClN3O. The normalized spacial score (nSPS) is 10.2. The van der Waals surface area contributed by atoms with Crippen molar-refractivity contribution in [3.63, 3.8) is 0 Å². The molecule has 0 unspecified atom stereocenters. The van der Waals surface area contributed by atoms with Crippen LogP contribution in [0.15, 0.2) is 30.3 Å². The third-order valence-electron chi connectivity index (χ3n) is 2.37. The molecule has 2 rings (SSSR count). The number of anilines is 2. The van der Waals surface area contributed by atoms with Crippen LogP contribution in [0.5, 0.6) is 5.88 Å². The van der Waals surface area contributed by atoms with Crippen LogP contribution in [0.1, 0.15) is 0 Å². The van der Waals surface area contributed by atoms with Crippen LogP contribution in [0, 0.1) is 0 Å². The Morgan fingerprint density at radius 2 is 1.88 bits per heavy atom. The molecule has 0 aliphatic carbocycles. The van der Waals surface area contributed by atoms with Gasteiger partial charge in [-0.05, 0) is 12.1 Å². The zero-order chi connectivity index (χ0) is 12.4. The van der Waals surface area contributed by atoms with Gasteiger partial charge in [0.25, 0.3) is 0 Å². The number of pyridine rings is 1. The Morgan fingerprint density at radius 3 is 2.53 bits per heavy atom. The Hall–Kier alpha value is -1.94. The second kappa shape index (κ2) is 4.51. The van der Waals surface area contributed by atoms with E-state index in [9.17, 15) is 0 Å². The van der Waals surface area contributed by atoms with E-state index in [1.54, 1.807) is 12.1 Å². The number of hydrogen-bond donors (Lipinski definition) is 2. The van der Waals surface area contributed by atoms with Crippen LogP contribution < -0.4 is 16.2 Å². The third-order valence-corrected chi connectivity index (χ3v) is 2.70. The number of nitrogen functional groups attached to an aromatic ring is 2. The number of nitrogens with zero attached hydrogens (tertiary/aromatic N) is 1. The standard InChI is InChI=1S/C12H12ClN3O/c1-17-12-10(15)6-9(14)11(16-12)7-4-2-3-5-8(7)13/h2-6H,14-15H2,1H3. The number of methoxy groups -OCH3 is 1. The minimum atomic E-state index is 0.342. The molecule has 88 valence electrons. The third kappa shape index (κ3) is 2.12. The van der Waals surface area contributed by atoms with Crippen LogP contribution >= 0.6 is 11.6 Å². The maximum atomic E-state index is 6.10. The quantitative estimate of drug-likeness (QED) is 0.858. The van der Waals surface area contributed by atoms with Gasteiger partial charge < -0.3 is 16.2 Å². The van der Waals surface area contributed by atoms with E-state index in [1.165, 1.54) is 7.11 Å². The van der Waals surface area contributed by atoms with Gasteiger partial charge in [0, 0.05) is 5.56 Å². The second-order valence-electron chi connectivity index (χ2n) is 3.50. The number of benzene rings is 1. The zero-order valence-electron chi connectivity index (χ0n) is 9.27. The summed E-state index contributed by atoms with van der Waals surface area (Å²) in [5.74, 6) is 0.342. The molecule has 0 saturated heterocycles. The molecule has 0 radical (unpaired) electrons. The Bertz CT molecular complexity index is 557. The molecule has 0 atom stereocenters. The van der Waals surface area contributed by atoms with Crippen molar-refractivity contribution in [1.29, 1.82) is 0 Å². The smallest absolute Gasteiger partial charge is 0.237 e. The van der Waals surface area contributed by atoms with Gasteiger partial charge >= 0.3 is 0 Å². The first-order chi connectivity index (χ1) is 8.13. The van der Waals surface area contributed by atoms with Crippen molar-refractivity contribution in [1.82, 2.24) is 4.98 Å². The molecule has 1 aromatic carbocycles. The fraction of sp³-hybridized carbons (Fsp3) is 0.0833. The van der Waals surface area contributed by atoms with Crippen molar-refractivity contribution < 1.29 is 4.74 Å². The van der Waals surface area contributed by atoms with Crippen LogP contribution in [-0.2, 0) is 0 Å². The highest BCUT2D eigenvalue weighted by Gasteiger charge is 2.12. The fourth-order valence-electron chi connectivity index (χ4n) is 1.56. The van der Waals surface area contributed by atoms with Gasteiger partial charge in [0.05, 0.1) is 29.2 Å². The highest BCUT2D eigenvalue weighted by atomic mass is 35.5. The monoisotopic (exact) mass is 249 g/mol. The molecule has 0 bridgehead atoms. The Kier molecular flexibility index (Phi) is 3.06. The number of aromatic nitrogens is 1. The zero-order valence-corrected chi connectivity index (χ0v) is 10.0. The van der Waals surface area contributed by atoms with Crippen LogP contribution in [0.3, 0.4) is 0 Å². The second-order valence-corrected chi connectivity index (χ2v) is 3.91. The van der Waals surface area contributed by atoms with Gasteiger partial charge in [-0.2, -0.15) is 0 Å². The molecule has 4 nitrogen and oxygen atoms in total. The number of rotatable bonds is 2. The number of hydrogen-bond acceptors (Lipinski definition) is 4. The average Bonchev–Trinajstić information content (AvgIpc) is 2.31. The molecule has 2 aromatic rings. The Labute approximate surface area is 104 Å². The van der Waals surface area contributed by atoms with Gasteiger partial charge in [-0.15, -0.1) is 0 Å². The molecule has 0 aliphatic heterocycles. The van der Waals surface area contributed by atoms with Crippen molar-refractivity contribution in [2.24, 2.45) is 0 Å². The van der Waals surface area contributed by atoms with Gasteiger partial charge in [-0.1, -0.05) is 29.8 Å². The molecule has 0 fully saturated rings. The predicted octanol–water partition coefficient (Wildman–Crippen LogP) is 2.57. The summed E-state index contributed by atoms with van der Waals surface area (Å²) in [4.78, 5) is 4.26. The summed E-state index contributed by atoms with van der Waals surface area (Å²) in [6, 6.07) is 8.95. The SMILES string of the molecule is COc1nc(-c2ccccc2Cl)c(N)cc1N. The molecule has 1 aromatic heterocycles. The van der Waals surface area contributed by atoms with Crippen LogP contribution in [-0.4, -0.2) is 12.1 Å². The maximum Gasteiger partial charge on any atom is 0.237 e. The lowest BCUT2D eigenvalue weighted by molar-refractivity contribution is 0.401. The summed E-state index contributed by atoms with van der Waals surface area (Å²) >= 11 is 6.10. The van der Waals surface area contributed by atoms with Gasteiger partial charge in [-0.25, -0.2) is 4.98 Å². The van der Waals surface area contributed by atoms with Crippen molar-refractivity contribution in [2.75, 3.05) is 18.6 Å². The first-order valence-electron chi connectivity index (χ1n) is 4.98. The summed E-state index contributed by atoms with van der Waals surface area (Å²) in [7, 11) is 1.51. The van der Waals surface area contributed by atoms with E-state index in [2.05, 4.69) is 4.98 Å². The molecule has 0 saturated carbocycles. The first kappa shape index (κ1) is 11.5. The van der Waals surface area contributed by atoms with Crippen LogP contribution in [0.4, 0.5) is 11.4 Å². The average molecular weight is 250 g/mol. The summed E-state index contributed by atoms with van der Waals surface area (Å²) in [5, 5.41) is 0.582. The lowest BCUT2D eigenvalue weighted by Crippen LogP contribution is -2.01. The maximum absolute atomic E-state index is 6.10. The van der Waals surface area contributed by atoms with Gasteiger partial charge in [0.2, 0.25) is 5.88 Å². The van der Waals surface area contributed by atoms with Crippen molar-refractivity contribution in [2.45, 2.75) is 0 Å². The van der Waals surface area contributed by atoms with Crippen molar-refractivity contribution >= 4 is 23.0 Å². The topological polar surface area (TPSA) is 74.2 Å². The van der Waals surface area contributed by atoms with E-state index in [1.807, 2.05) is 18.2 Å². The fourth-order valence-corrected chi connectivity index (χ4v) is 1.79. The highest BCUT2D eigenvalue weighted by Crippen LogP contribution is 2.34. The Morgan fingerprint density at radius 1 is 1.18 bits per heavy atom. The van der Waals surface area contributed by atoms with E-state index >= 15 is 0 Å². The number of nitrogens with two attached hydrogens (primary N) is 2. The summed E-state index contributed by atoms with van der Waals surface area (Å²) in [6.45, 7) is 0. The Balaban J connectivity index is 2.64. The summed E-state index contributed by atoms with van der Waals surface area (Å²) in [6.07, 6.45) is 0. The molecule has 0 amide bonds. The molecule has 5 heteroatoms. The summed E-state index contributed by atoms with van der Waals surface area (Å²) in [5.41, 5.74) is 13.8. The predicted molar refractivity (Wildman–Crippen MR) is 70.1 cm³/mol. The van der Waals surface area contributed by atoms with Gasteiger partial charge in [0.15, 0.2) is 0 Å².